The van der Waals surface area contributed by atoms with Gasteiger partial charge in [0, 0.05) is 119 Å². The second-order valence-electron chi connectivity index (χ2n) is 28.3. The number of ketones is 6. The lowest BCUT2D eigenvalue weighted by Crippen LogP contribution is -2.52. The summed E-state index contributed by atoms with van der Waals surface area (Å²) in [5.41, 5.74) is 34.7. The van der Waals surface area contributed by atoms with E-state index in [0.717, 1.165) is 33.4 Å². The van der Waals surface area contributed by atoms with Gasteiger partial charge in [0.05, 0.1) is 58.8 Å². The minimum absolute atomic E-state index is 0. The normalized spacial score (nSPS) is 24.4. The molecule has 2 aromatic carbocycles. The standard InChI is InChI=1S/C73H104IN15O21S2.CH4/c1-38(90)65-60(98)33-46(34-64(102)103)71(109)89-24-6-10-53(89)59(97)31-42(7-4-22-82-72(78)79)68(106)87-52-37-112-111-36-51(84-63(101)35-75)57(95)30-44(70(108)88-65)15-20-62(100)81-21-3-2-9-49(55(93)32-45(66(77)104)25-39-11-16-47(91)17-12-39)85-69(107)43(14-19-61(76)99)29-56(94)50(27-40-13-18-54(92)48(74)26-40)86-67(105)41(28-58(52)96)8-5-23-83-73(80)110;/h11-13,16-18,26,38,41-46,49-53,65,90-92H,2-10,14-15,19-25,27-37,75H2,1H3,(H2,76,99)(H2,77,104)(H,81,100)(H,84,101)(H,85,107)(H,86,105)(H,87,106)(H,88,108)(H,102,103)(H4,78,79,82)(H3,80,83,110);1H4/t38-,41-,42-,43-,44-,45-,46+,49+,50+,51+,52+,53+,65+;/m1./s1. The zero-order chi connectivity index (χ0) is 82.9. The highest BCUT2D eigenvalue weighted by Gasteiger charge is 2.43. The van der Waals surface area contributed by atoms with Crippen LogP contribution in [0.3, 0.4) is 0 Å². The number of carboxylic acids is 1. The number of phenolic OH excluding ortho intramolecular Hbond substituents is 2. The Hall–Kier alpha value is -9.35. The van der Waals surface area contributed by atoms with Crippen molar-refractivity contribution in [1.82, 2.24) is 42.1 Å². The molecule has 3 aliphatic rings. The minimum Gasteiger partial charge on any atom is -0.508 e. The van der Waals surface area contributed by atoms with Crippen LogP contribution in [0.25, 0.3) is 0 Å². The molecule has 0 aromatic heterocycles. The number of rotatable bonds is 24. The van der Waals surface area contributed by atoms with Crippen LogP contribution in [-0.4, -0.2) is 218 Å². The fourth-order valence-corrected chi connectivity index (χ4v) is 16.3. The number of primary amides is 3. The molecule has 5 rings (SSSR count). The summed E-state index contributed by atoms with van der Waals surface area (Å²) in [7, 11) is 1.77. The number of hydrogen-bond donors (Lipinski definition) is 17. The molecule has 3 saturated heterocycles. The molecule has 3 fully saturated rings. The Kier molecular flexibility index (Phi) is 41.3. The van der Waals surface area contributed by atoms with Gasteiger partial charge in [-0.3, -0.25) is 81.7 Å². The molecule has 624 valence electrons. The molecule has 36 nitrogen and oxygen atoms in total. The van der Waals surface area contributed by atoms with E-state index in [1.54, 1.807) is 0 Å². The third-order valence-corrected chi connectivity index (χ3v) is 22.8. The van der Waals surface area contributed by atoms with Crippen LogP contribution in [0.4, 0.5) is 4.79 Å². The molecule has 2 bridgehead atoms. The molecular formula is C74H108IN15O21S2. The number of carbonyl (C=O) groups excluding carboxylic acids is 16. The highest BCUT2D eigenvalue weighted by molar-refractivity contribution is 14.1. The van der Waals surface area contributed by atoms with Crippen LogP contribution < -0.4 is 71.6 Å². The van der Waals surface area contributed by atoms with Crippen LogP contribution in [0.5, 0.6) is 11.5 Å². The molecule has 2 aromatic rings. The zero-order valence-electron chi connectivity index (χ0n) is 62.3. The van der Waals surface area contributed by atoms with Crippen molar-refractivity contribution >= 4 is 150 Å². The number of phenols is 2. The number of nitrogens with one attached hydrogen (secondary N) is 7. The van der Waals surface area contributed by atoms with Crippen LogP contribution in [0.15, 0.2) is 47.5 Å². The number of aliphatic hydroxyl groups is 1. The Labute approximate surface area is 675 Å². The summed E-state index contributed by atoms with van der Waals surface area (Å²) in [6, 6.07) is -0.263. The molecule has 0 aliphatic carbocycles. The van der Waals surface area contributed by atoms with Crippen LogP contribution in [0.2, 0.25) is 0 Å². The van der Waals surface area contributed by atoms with Gasteiger partial charge in [-0.05, 0) is 148 Å². The maximum absolute atomic E-state index is 15.4. The number of amides is 11. The lowest BCUT2D eigenvalue weighted by molar-refractivity contribution is -0.148. The lowest BCUT2D eigenvalue weighted by Gasteiger charge is -2.30. The van der Waals surface area contributed by atoms with Gasteiger partial charge in [0.2, 0.25) is 53.2 Å². The highest BCUT2D eigenvalue weighted by Crippen LogP contribution is 2.31. The van der Waals surface area contributed by atoms with E-state index in [1.807, 2.05) is 22.6 Å². The van der Waals surface area contributed by atoms with Crippen molar-refractivity contribution in [3.05, 3.63) is 57.2 Å². The number of guanidine groups is 1. The van der Waals surface area contributed by atoms with E-state index in [-0.39, 0.29) is 127 Å². The first-order valence-corrected chi connectivity index (χ1v) is 40.6. The second kappa shape index (κ2) is 48.7. The van der Waals surface area contributed by atoms with Gasteiger partial charge in [-0.25, -0.2) is 4.79 Å². The van der Waals surface area contributed by atoms with E-state index < -0.39 is 261 Å². The molecule has 23 N–H and O–H groups in total. The van der Waals surface area contributed by atoms with Gasteiger partial charge in [-0.1, -0.05) is 47.2 Å². The number of halogens is 1. The quantitative estimate of drug-likeness (QED) is 0.0208. The van der Waals surface area contributed by atoms with Crippen molar-refractivity contribution in [2.45, 2.75) is 198 Å². The lowest BCUT2D eigenvalue weighted by atomic mass is 9.88. The summed E-state index contributed by atoms with van der Waals surface area (Å²) >= 11 is 1.84. The summed E-state index contributed by atoms with van der Waals surface area (Å²) in [4.78, 5) is 246. The van der Waals surface area contributed by atoms with Gasteiger partial charge >= 0.3 is 12.0 Å². The van der Waals surface area contributed by atoms with E-state index in [4.69, 9.17) is 34.4 Å². The SMILES string of the molecule is C.C[C@@H](O)[C@@H]1NC(=O)[C@@H]2CCC(=O)NCCCC[C@@H](C(=O)C[C@@H](Cc3ccc(O)cc3)C(N)=O)NC(=O)[C@H](CCC(N)=O)CC(=O)[C@H](Cc3ccc(O)c(I)c3)NC(=O)[C@H](CCCNC(N)=O)CC(=O)[C@H](CSSC[C@H](NC(=O)CN)C(=O)C2)NC(=O)[C@H](CCCN=C(N)N)CC(=O)[C@@H]2CCCN2C(=O)[C@H](CC(=O)O)CC1=O. The van der Waals surface area contributed by atoms with Crippen molar-refractivity contribution in [3.63, 3.8) is 0 Å². The van der Waals surface area contributed by atoms with Gasteiger partial charge in [-0.2, -0.15) is 0 Å². The van der Waals surface area contributed by atoms with Gasteiger partial charge in [0.15, 0.2) is 40.7 Å². The highest BCUT2D eigenvalue weighted by atomic mass is 127. The van der Waals surface area contributed by atoms with Gasteiger partial charge < -0.3 is 96.9 Å². The number of hydrogen-bond acceptors (Lipinski definition) is 24. The monoisotopic (exact) mass is 1730 g/mol. The summed E-state index contributed by atoms with van der Waals surface area (Å²) < 4.78 is 0.318. The number of fused-ring (bicyclic) bond motifs is 9. The third kappa shape index (κ3) is 33.3. The first kappa shape index (κ1) is 96.0. The number of Topliss-reactive ketones (excluding diaryl/α,β-unsaturated/α-hetero) is 6. The fourth-order valence-electron chi connectivity index (χ4n) is 13.4. The largest absolute Gasteiger partial charge is 0.508 e. The van der Waals surface area contributed by atoms with Crippen LogP contribution >= 0.6 is 44.2 Å². The molecule has 0 spiro atoms. The predicted octanol–water partition coefficient (Wildman–Crippen LogP) is -0.467. The molecule has 3 aliphatic heterocycles. The zero-order valence-corrected chi connectivity index (χ0v) is 66.1. The van der Waals surface area contributed by atoms with Crippen molar-refractivity contribution in [1.29, 1.82) is 0 Å². The van der Waals surface area contributed by atoms with Crippen molar-refractivity contribution in [3.8, 4) is 11.5 Å². The van der Waals surface area contributed by atoms with Gasteiger partial charge in [0.1, 0.15) is 17.5 Å². The summed E-state index contributed by atoms with van der Waals surface area (Å²) in [5, 5.41) is 60.1. The molecule has 0 unspecified atom stereocenters. The van der Waals surface area contributed by atoms with Crippen molar-refractivity contribution in [2.75, 3.05) is 44.2 Å². The van der Waals surface area contributed by atoms with E-state index in [0.29, 0.717) is 14.7 Å². The Bertz CT molecular complexity index is 3760. The number of carboxylic acid groups (broad SMARTS) is 1. The maximum Gasteiger partial charge on any atom is 0.312 e. The van der Waals surface area contributed by atoms with Crippen molar-refractivity contribution in [2.24, 2.45) is 74.9 Å². The number of aliphatic hydroxyl groups excluding tert-OH is 1. The second-order valence-corrected chi connectivity index (χ2v) is 32.0. The Balaban J connectivity index is 0.0000269. The Morgan fingerprint density at radius 3 is 1.96 bits per heavy atom. The molecule has 0 radical (unpaired) electrons. The van der Waals surface area contributed by atoms with E-state index in [9.17, 15) is 82.8 Å². The minimum atomic E-state index is -1.88. The van der Waals surface area contributed by atoms with Crippen LogP contribution in [0, 0.1) is 39.1 Å². The Morgan fingerprint density at radius 2 is 1.32 bits per heavy atom. The number of aromatic hydroxyl groups is 2. The molecule has 39 heteroatoms. The third-order valence-electron chi connectivity index (χ3n) is 19.6. The van der Waals surface area contributed by atoms with E-state index in [2.05, 4.69) is 42.2 Å². The van der Waals surface area contributed by atoms with E-state index in [1.165, 1.54) is 42.5 Å². The summed E-state index contributed by atoms with van der Waals surface area (Å²) in [5.74, 6) is -24.7. The summed E-state index contributed by atoms with van der Waals surface area (Å²) in [6.07, 6.45) is -9.56. The maximum atomic E-state index is 15.4. The number of benzene rings is 2. The summed E-state index contributed by atoms with van der Waals surface area (Å²) in [6.45, 7) is 0.0149. The average Bonchev–Trinajstić information content (AvgIpc) is 1.77. The number of aliphatic imine (C=N–C) groups is 1. The molecule has 13 atom stereocenters. The topological polar surface area (TPSA) is 627 Å². The number of aliphatic carboxylic acids is 1. The van der Waals surface area contributed by atoms with Gasteiger partial charge in [-0.15, -0.1) is 0 Å². The smallest absolute Gasteiger partial charge is 0.312 e. The van der Waals surface area contributed by atoms with E-state index >= 15 is 19.2 Å². The molecular weight excluding hydrogens is 1630 g/mol. The molecule has 0 saturated carbocycles. The number of nitrogens with zero attached hydrogens (tertiary/aromatic N) is 2. The van der Waals surface area contributed by atoms with Crippen LogP contribution in [0.1, 0.15) is 154 Å². The molecule has 3 heterocycles. The molecule has 11 amide bonds. The van der Waals surface area contributed by atoms with Gasteiger partial charge in [0.25, 0.3) is 0 Å². The first-order valence-electron chi connectivity index (χ1n) is 37.0. The number of nitrogens with two attached hydrogens (primary N) is 6. The fraction of sp³-hybridized carbons (Fsp3) is 0.595. The van der Waals surface area contributed by atoms with Crippen molar-refractivity contribution < 1.29 is 102 Å². The van der Waals surface area contributed by atoms with Crippen LogP contribution in [-0.2, 0) is 89.6 Å². The number of urea groups is 1. The molecule has 113 heavy (non-hydrogen) atoms. The number of carbonyl (C=O) groups is 17. The predicted molar refractivity (Wildman–Crippen MR) is 424 cm³/mol. The average molecular weight is 1730 g/mol. The Morgan fingerprint density at radius 1 is 0.690 bits per heavy atom. The first-order chi connectivity index (χ1) is 53.0.